The maximum Gasteiger partial charge on any atom is 0.253 e. The fraction of sp³-hybridized carbons (Fsp3) is 0.368. The van der Waals surface area contributed by atoms with Gasteiger partial charge in [-0.25, -0.2) is 15.0 Å². The van der Waals surface area contributed by atoms with Gasteiger partial charge >= 0.3 is 0 Å². The Hall–Kier alpha value is -2.96. The lowest BCUT2D eigenvalue weighted by atomic mass is 10.0. The Morgan fingerprint density at radius 2 is 1.96 bits per heavy atom. The van der Waals surface area contributed by atoms with Crippen molar-refractivity contribution in [2.45, 2.75) is 6.92 Å². The summed E-state index contributed by atoms with van der Waals surface area (Å²) in [6.45, 7) is 5.57. The maximum atomic E-state index is 12.9. The number of aromatic amines is 1. The summed E-state index contributed by atoms with van der Waals surface area (Å²) >= 11 is 0. The van der Waals surface area contributed by atoms with Crippen molar-refractivity contribution in [2.75, 3.05) is 31.1 Å². The molecular formula is C19H20N6O. The van der Waals surface area contributed by atoms with Gasteiger partial charge in [-0.15, -0.1) is 0 Å². The molecule has 1 aromatic carbocycles. The van der Waals surface area contributed by atoms with E-state index >= 15 is 0 Å². The molecule has 0 spiro atoms. The molecule has 2 aliphatic rings. The minimum absolute atomic E-state index is 0.112. The fourth-order valence-electron chi connectivity index (χ4n) is 4.31. The lowest BCUT2D eigenvalue weighted by Gasteiger charge is -2.23. The Balaban J connectivity index is 1.30. The molecule has 2 aliphatic heterocycles. The number of aryl methyl sites for hydroxylation is 1. The van der Waals surface area contributed by atoms with E-state index in [9.17, 15) is 4.79 Å². The molecule has 1 N–H and O–H groups in total. The van der Waals surface area contributed by atoms with Gasteiger partial charge in [-0.05, 0) is 25.1 Å². The Labute approximate surface area is 151 Å². The van der Waals surface area contributed by atoms with Gasteiger partial charge in [0.15, 0.2) is 0 Å². The number of anilines is 1. The van der Waals surface area contributed by atoms with Gasteiger partial charge in [0, 0.05) is 55.3 Å². The van der Waals surface area contributed by atoms with Crippen molar-refractivity contribution in [1.29, 1.82) is 0 Å². The van der Waals surface area contributed by atoms with E-state index in [-0.39, 0.29) is 5.91 Å². The van der Waals surface area contributed by atoms with Crippen molar-refractivity contribution >= 4 is 22.8 Å². The summed E-state index contributed by atoms with van der Waals surface area (Å²) in [5.74, 6) is 2.14. The lowest BCUT2D eigenvalue weighted by molar-refractivity contribution is 0.0782. The predicted molar refractivity (Wildman–Crippen MR) is 98.0 cm³/mol. The van der Waals surface area contributed by atoms with Crippen LogP contribution in [0.2, 0.25) is 0 Å². The van der Waals surface area contributed by atoms with Crippen LogP contribution in [-0.4, -0.2) is 56.9 Å². The molecule has 132 valence electrons. The SMILES string of the molecule is Cc1cncnc1N1CC2CN(C(=O)c3ccc4nc[nH]c4c3)CC2C1. The largest absolute Gasteiger partial charge is 0.356 e. The Bertz CT molecular complexity index is 969. The van der Waals surface area contributed by atoms with E-state index in [4.69, 9.17) is 0 Å². The molecule has 2 saturated heterocycles. The number of likely N-dealkylation sites (tertiary alicyclic amines) is 1. The number of rotatable bonds is 2. The zero-order chi connectivity index (χ0) is 17.7. The van der Waals surface area contributed by atoms with E-state index in [2.05, 4.69) is 24.8 Å². The fourth-order valence-corrected chi connectivity index (χ4v) is 4.31. The first-order chi connectivity index (χ1) is 12.7. The second-order valence-corrected chi connectivity index (χ2v) is 7.30. The minimum Gasteiger partial charge on any atom is -0.356 e. The van der Waals surface area contributed by atoms with Crippen molar-refractivity contribution in [1.82, 2.24) is 24.8 Å². The molecule has 7 heteroatoms. The molecule has 2 unspecified atom stereocenters. The van der Waals surface area contributed by atoms with Crippen LogP contribution in [0, 0.1) is 18.8 Å². The van der Waals surface area contributed by atoms with Crippen LogP contribution < -0.4 is 4.90 Å². The third-order valence-electron chi connectivity index (χ3n) is 5.61. The number of amides is 1. The van der Waals surface area contributed by atoms with Gasteiger partial charge in [0.05, 0.1) is 17.4 Å². The normalized spacial score (nSPS) is 22.2. The number of fused-ring (bicyclic) bond motifs is 2. The van der Waals surface area contributed by atoms with E-state index in [0.717, 1.165) is 54.2 Å². The van der Waals surface area contributed by atoms with E-state index in [1.54, 1.807) is 12.7 Å². The number of H-pyrrole nitrogens is 1. The summed E-state index contributed by atoms with van der Waals surface area (Å²) in [7, 11) is 0. The highest BCUT2D eigenvalue weighted by molar-refractivity contribution is 5.97. The molecule has 0 bridgehead atoms. The van der Waals surface area contributed by atoms with Gasteiger partial charge in [0.25, 0.3) is 5.91 Å². The van der Waals surface area contributed by atoms with Crippen LogP contribution >= 0.6 is 0 Å². The standard InChI is InChI=1S/C19H20N6O/c1-12-5-20-10-23-18(12)24-6-14-8-25(9-15(14)7-24)19(26)13-2-3-16-17(4-13)22-11-21-16/h2-5,10-11,14-15H,6-9H2,1H3,(H,21,22). The van der Waals surface area contributed by atoms with Gasteiger partial charge in [0.1, 0.15) is 12.1 Å². The van der Waals surface area contributed by atoms with E-state index < -0.39 is 0 Å². The third-order valence-corrected chi connectivity index (χ3v) is 5.61. The van der Waals surface area contributed by atoms with Crippen LogP contribution in [0.4, 0.5) is 5.82 Å². The van der Waals surface area contributed by atoms with E-state index in [1.165, 1.54) is 0 Å². The molecule has 0 radical (unpaired) electrons. The second-order valence-electron chi connectivity index (χ2n) is 7.30. The van der Waals surface area contributed by atoms with Gasteiger partial charge in [-0.2, -0.15) is 0 Å². The monoisotopic (exact) mass is 348 g/mol. The molecule has 1 amide bonds. The predicted octanol–water partition coefficient (Wildman–Crippen LogP) is 1.87. The number of aromatic nitrogens is 4. The average Bonchev–Trinajstić information content (AvgIpc) is 3.35. The summed E-state index contributed by atoms with van der Waals surface area (Å²) in [5, 5.41) is 0. The number of carbonyl (C=O) groups excluding carboxylic acids is 1. The first kappa shape index (κ1) is 15.3. The summed E-state index contributed by atoms with van der Waals surface area (Å²) in [6, 6.07) is 5.67. The van der Waals surface area contributed by atoms with Crippen molar-refractivity contribution in [3.8, 4) is 0 Å². The first-order valence-electron chi connectivity index (χ1n) is 8.93. The average molecular weight is 348 g/mol. The highest BCUT2D eigenvalue weighted by Crippen LogP contribution is 2.34. The number of nitrogens with zero attached hydrogens (tertiary/aromatic N) is 5. The van der Waals surface area contributed by atoms with Gasteiger partial charge in [-0.3, -0.25) is 4.79 Å². The van der Waals surface area contributed by atoms with Crippen LogP contribution in [0.5, 0.6) is 0 Å². The quantitative estimate of drug-likeness (QED) is 0.765. The Morgan fingerprint density at radius 3 is 2.73 bits per heavy atom. The third kappa shape index (κ3) is 2.42. The zero-order valence-electron chi connectivity index (χ0n) is 14.6. The number of carbonyl (C=O) groups is 1. The number of imidazole rings is 1. The first-order valence-corrected chi connectivity index (χ1v) is 8.93. The van der Waals surface area contributed by atoms with Crippen molar-refractivity contribution in [3.05, 3.63) is 48.2 Å². The maximum absolute atomic E-state index is 12.9. The van der Waals surface area contributed by atoms with Crippen LogP contribution in [0.3, 0.4) is 0 Å². The number of nitrogens with one attached hydrogen (secondary N) is 1. The molecule has 0 aliphatic carbocycles. The minimum atomic E-state index is 0.112. The highest BCUT2D eigenvalue weighted by Gasteiger charge is 2.42. The number of hydrogen-bond donors (Lipinski definition) is 1. The van der Waals surface area contributed by atoms with Crippen LogP contribution in [0.1, 0.15) is 15.9 Å². The number of hydrogen-bond acceptors (Lipinski definition) is 5. The Kier molecular flexibility index (Phi) is 3.41. The molecule has 5 rings (SSSR count). The molecule has 4 heterocycles. The van der Waals surface area contributed by atoms with Crippen molar-refractivity contribution < 1.29 is 4.79 Å². The molecule has 0 saturated carbocycles. The molecular weight excluding hydrogens is 328 g/mol. The molecule has 2 atom stereocenters. The zero-order valence-corrected chi connectivity index (χ0v) is 14.6. The van der Waals surface area contributed by atoms with E-state index in [0.29, 0.717) is 11.8 Å². The highest BCUT2D eigenvalue weighted by atomic mass is 16.2. The van der Waals surface area contributed by atoms with Crippen LogP contribution in [0.25, 0.3) is 11.0 Å². The lowest BCUT2D eigenvalue weighted by Crippen LogP contribution is -2.33. The second kappa shape index (κ2) is 5.79. The number of benzene rings is 1. The summed E-state index contributed by atoms with van der Waals surface area (Å²) in [5.41, 5.74) is 3.62. The van der Waals surface area contributed by atoms with Gasteiger partial charge in [0.2, 0.25) is 0 Å². The molecule has 7 nitrogen and oxygen atoms in total. The van der Waals surface area contributed by atoms with Crippen LogP contribution in [-0.2, 0) is 0 Å². The molecule has 2 fully saturated rings. The summed E-state index contributed by atoms with van der Waals surface area (Å²) in [6.07, 6.45) is 5.12. The Morgan fingerprint density at radius 1 is 1.15 bits per heavy atom. The molecule has 26 heavy (non-hydrogen) atoms. The van der Waals surface area contributed by atoms with Crippen molar-refractivity contribution in [3.63, 3.8) is 0 Å². The topological polar surface area (TPSA) is 78.0 Å². The molecule has 3 aromatic rings. The van der Waals surface area contributed by atoms with Crippen LogP contribution in [0.15, 0.2) is 37.1 Å². The van der Waals surface area contributed by atoms with Gasteiger partial charge < -0.3 is 14.8 Å². The molecule has 2 aromatic heterocycles. The summed E-state index contributed by atoms with van der Waals surface area (Å²) in [4.78, 5) is 33.0. The summed E-state index contributed by atoms with van der Waals surface area (Å²) < 4.78 is 0. The van der Waals surface area contributed by atoms with Crippen molar-refractivity contribution in [2.24, 2.45) is 11.8 Å². The smallest absolute Gasteiger partial charge is 0.253 e. The van der Waals surface area contributed by atoms with Gasteiger partial charge in [-0.1, -0.05) is 0 Å². The van der Waals surface area contributed by atoms with E-state index in [1.807, 2.05) is 36.2 Å².